The van der Waals surface area contributed by atoms with Gasteiger partial charge in [0, 0.05) is 22.0 Å². The minimum Gasteiger partial charge on any atom is -0.365 e. The molecule has 0 fully saturated rings. The number of primary amides is 1. The smallest absolute Gasteiger partial charge is 0.272 e. The van der Waals surface area contributed by atoms with Crippen LogP contribution in [0, 0.1) is 0 Å². The molecule has 0 spiro atoms. The van der Waals surface area contributed by atoms with Gasteiger partial charge in [-0.3, -0.25) is 9.59 Å². The fourth-order valence-corrected chi connectivity index (χ4v) is 4.08. The lowest BCUT2D eigenvalue weighted by molar-refractivity contribution is 0.100. The van der Waals surface area contributed by atoms with E-state index in [4.69, 9.17) is 5.73 Å². The molecule has 3 N–H and O–H groups in total. The van der Waals surface area contributed by atoms with Crippen LogP contribution in [-0.4, -0.2) is 25.7 Å². The number of hydrogen-bond acceptors (Lipinski definition) is 4. The Morgan fingerprint density at radius 3 is 2.65 bits per heavy atom. The van der Waals surface area contributed by atoms with Crippen molar-refractivity contribution in [2.45, 2.75) is 45.4 Å². The molecule has 162 valence electrons. The number of benzene rings is 1. The van der Waals surface area contributed by atoms with E-state index in [1.165, 1.54) is 25.5 Å². The molecule has 0 saturated heterocycles. The van der Waals surface area contributed by atoms with Gasteiger partial charge < -0.3 is 5.73 Å². The number of nitrogens with two attached hydrogens (primary N) is 1. The number of amides is 1. The first-order valence-corrected chi connectivity index (χ1v) is 11.1. The van der Waals surface area contributed by atoms with Crippen LogP contribution >= 0.6 is 15.9 Å². The number of carbonyl (C=O) groups is 1. The molecule has 0 bridgehead atoms. The number of unbranched alkanes of at least 4 members (excludes halogenated alkanes) is 2. The lowest BCUT2D eigenvalue weighted by Gasteiger charge is -2.12. The summed E-state index contributed by atoms with van der Waals surface area (Å²) in [7, 11) is 0. The number of rotatable bonds is 6. The second kappa shape index (κ2) is 10.3. The standard InChI is InChI=1S/C15H20N2O.C8H6BrN3O/c1-3-4-5-8-11(2)14-12-9-6-7-10-13(12)15(18)17-16-14;9-6-2-1-3-12-7(6)5(4-11-12)8(10)13/h6-7,9-11H,3-5,8H2,1-2H3,(H,17,18);1-4H,(H2,10,13)/t11-;/m0./s1. The summed E-state index contributed by atoms with van der Waals surface area (Å²) >= 11 is 3.33. The zero-order chi connectivity index (χ0) is 22.4. The predicted octanol–water partition coefficient (Wildman–Crippen LogP) is 4.80. The first-order valence-electron chi connectivity index (χ1n) is 10.3. The fraction of sp³-hybridized carbons (Fsp3) is 0.304. The average molecular weight is 484 g/mol. The van der Waals surface area contributed by atoms with Crippen molar-refractivity contribution in [1.29, 1.82) is 0 Å². The number of aromatic amines is 1. The van der Waals surface area contributed by atoms with E-state index >= 15 is 0 Å². The van der Waals surface area contributed by atoms with Crippen molar-refractivity contribution >= 4 is 38.1 Å². The topological polar surface area (TPSA) is 106 Å². The van der Waals surface area contributed by atoms with E-state index in [-0.39, 0.29) is 5.56 Å². The molecule has 3 heterocycles. The van der Waals surface area contributed by atoms with E-state index in [1.54, 1.807) is 10.7 Å². The molecular formula is C23H26BrN5O2. The summed E-state index contributed by atoms with van der Waals surface area (Å²) in [4.78, 5) is 22.7. The van der Waals surface area contributed by atoms with Crippen molar-refractivity contribution in [3.05, 3.63) is 74.9 Å². The zero-order valence-corrected chi connectivity index (χ0v) is 19.2. The molecule has 1 aromatic carbocycles. The lowest BCUT2D eigenvalue weighted by Crippen LogP contribution is -2.12. The maximum Gasteiger partial charge on any atom is 0.272 e. The van der Waals surface area contributed by atoms with Gasteiger partial charge in [-0.25, -0.2) is 9.61 Å². The van der Waals surface area contributed by atoms with Crippen LogP contribution < -0.4 is 11.3 Å². The van der Waals surface area contributed by atoms with E-state index in [2.05, 4.69) is 45.1 Å². The first kappa shape index (κ1) is 22.7. The van der Waals surface area contributed by atoms with Crippen LogP contribution in [0.25, 0.3) is 16.3 Å². The Morgan fingerprint density at radius 2 is 1.94 bits per heavy atom. The van der Waals surface area contributed by atoms with E-state index < -0.39 is 5.91 Å². The van der Waals surface area contributed by atoms with Crippen molar-refractivity contribution < 1.29 is 4.79 Å². The van der Waals surface area contributed by atoms with Gasteiger partial charge in [0.05, 0.1) is 28.4 Å². The average Bonchev–Trinajstić information content (AvgIpc) is 3.21. The molecule has 31 heavy (non-hydrogen) atoms. The highest BCUT2D eigenvalue weighted by molar-refractivity contribution is 9.10. The number of carbonyl (C=O) groups excluding carboxylic acids is 1. The number of fused-ring (bicyclic) bond motifs is 2. The number of aromatic nitrogens is 4. The Bertz CT molecular complexity index is 1250. The number of halogens is 1. The van der Waals surface area contributed by atoms with Crippen LogP contribution in [0.4, 0.5) is 0 Å². The molecule has 0 radical (unpaired) electrons. The number of hydrogen-bond donors (Lipinski definition) is 2. The highest BCUT2D eigenvalue weighted by Crippen LogP contribution is 2.25. The first-order chi connectivity index (χ1) is 14.9. The van der Waals surface area contributed by atoms with Gasteiger partial charge in [0.15, 0.2) is 0 Å². The molecule has 0 aliphatic rings. The predicted molar refractivity (Wildman–Crippen MR) is 126 cm³/mol. The maximum absolute atomic E-state index is 11.7. The maximum atomic E-state index is 11.7. The molecule has 0 aliphatic heterocycles. The molecule has 0 saturated carbocycles. The Morgan fingerprint density at radius 1 is 1.19 bits per heavy atom. The monoisotopic (exact) mass is 483 g/mol. The third-order valence-electron chi connectivity index (χ3n) is 5.19. The van der Waals surface area contributed by atoms with Crippen molar-refractivity contribution in [3.63, 3.8) is 0 Å². The van der Waals surface area contributed by atoms with E-state index in [1.807, 2.05) is 36.4 Å². The SMILES string of the molecule is CCCCC[C@H](C)c1n[nH]c(=O)c2ccccc12.NC(=O)c1cnn2cccc(Br)c12. The van der Waals surface area contributed by atoms with Crippen LogP contribution in [0.3, 0.4) is 0 Å². The molecule has 0 aliphatic carbocycles. The molecule has 4 aromatic rings. The molecule has 4 rings (SSSR count). The minimum atomic E-state index is -0.470. The summed E-state index contributed by atoms with van der Waals surface area (Å²) in [6.45, 7) is 4.39. The summed E-state index contributed by atoms with van der Waals surface area (Å²) in [5.41, 5.74) is 7.22. The zero-order valence-electron chi connectivity index (χ0n) is 17.6. The molecule has 8 heteroatoms. The van der Waals surface area contributed by atoms with Gasteiger partial charge in [0.2, 0.25) is 0 Å². The van der Waals surface area contributed by atoms with Crippen LogP contribution in [0.15, 0.2) is 58.1 Å². The fourth-order valence-electron chi connectivity index (χ4n) is 3.53. The van der Waals surface area contributed by atoms with Gasteiger partial charge in [-0.15, -0.1) is 0 Å². The van der Waals surface area contributed by atoms with E-state index in [0.29, 0.717) is 17.0 Å². The summed E-state index contributed by atoms with van der Waals surface area (Å²) in [5, 5.41) is 12.6. The van der Waals surface area contributed by atoms with Crippen molar-refractivity contribution in [2.24, 2.45) is 5.73 Å². The van der Waals surface area contributed by atoms with Gasteiger partial charge in [-0.1, -0.05) is 51.3 Å². The van der Waals surface area contributed by atoms with E-state index in [0.717, 1.165) is 27.4 Å². The van der Waals surface area contributed by atoms with Crippen LogP contribution in [0.5, 0.6) is 0 Å². The largest absolute Gasteiger partial charge is 0.365 e. The van der Waals surface area contributed by atoms with Gasteiger partial charge in [0.25, 0.3) is 11.5 Å². The Hall–Kier alpha value is -3.00. The highest BCUT2D eigenvalue weighted by atomic mass is 79.9. The normalized spacial score (nSPS) is 11.8. The van der Waals surface area contributed by atoms with Crippen LogP contribution in [0.1, 0.15) is 61.5 Å². The highest BCUT2D eigenvalue weighted by Gasteiger charge is 2.13. The quantitative estimate of drug-likeness (QED) is 0.384. The summed E-state index contributed by atoms with van der Waals surface area (Å²) in [6, 6.07) is 11.4. The Balaban J connectivity index is 0.000000185. The molecule has 3 aromatic heterocycles. The molecule has 1 atom stereocenters. The molecular weight excluding hydrogens is 458 g/mol. The third kappa shape index (κ3) is 5.19. The number of H-pyrrole nitrogens is 1. The second-order valence-corrected chi connectivity index (χ2v) is 8.31. The molecule has 0 unspecified atom stereocenters. The third-order valence-corrected chi connectivity index (χ3v) is 5.83. The summed E-state index contributed by atoms with van der Waals surface area (Å²) in [5.74, 6) is -0.0831. The number of nitrogens with zero attached hydrogens (tertiary/aromatic N) is 3. The molecule has 7 nitrogen and oxygen atoms in total. The van der Waals surface area contributed by atoms with Crippen LogP contribution in [-0.2, 0) is 0 Å². The van der Waals surface area contributed by atoms with Crippen molar-refractivity contribution in [2.75, 3.05) is 0 Å². The van der Waals surface area contributed by atoms with Crippen molar-refractivity contribution in [1.82, 2.24) is 19.8 Å². The lowest BCUT2D eigenvalue weighted by atomic mass is 9.96. The van der Waals surface area contributed by atoms with Gasteiger partial charge in [-0.05, 0) is 40.5 Å². The second-order valence-electron chi connectivity index (χ2n) is 7.45. The Kier molecular flexibility index (Phi) is 7.57. The number of pyridine rings is 1. The molecule has 1 amide bonds. The summed E-state index contributed by atoms with van der Waals surface area (Å²) in [6.07, 6.45) is 8.04. The van der Waals surface area contributed by atoms with Gasteiger partial charge in [0.1, 0.15) is 0 Å². The van der Waals surface area contributed by atoms with Gasteiger partial charge in [-0.2, -0.15) is 10.2 Å². The van der Waals surface area contributed by atoms with Gasteiger partial charge >= 0.3 is 0 Å². The van der Waals surface area contributed by atoms with E-state index in [9.17, 15) is 9.59 Å². The minimum absolute atomic E-state index is 0.102. The van der Waals surface area contributed by atoms with Crippen molar-refractivity contribution in [3.8, 4) is 0 Å². The summed E-state index contributed by atoms with van der Waals surface area (Å²) < 4.78 is 2.41. The Labute approximate surface area is 188 Å². The number of nitrogens with one attached hydrogen (secondary N) is 1. The van der Waals surface area contributed by atoms with Crippen LogP contribution in [0.2, 0.25) is 0 Å².